The minimum absolute atomic E-state index is 0.761. The highest BCUT2D eigenvalue weighted by atomic mass is 16.5. The maximum Gasteiger partial charge on any atom is 0.164 e. The van der Waals surface area contributed by atoms with Crippen LogP contribution >= 0.6 is 0 Å². The van der Waals surface area contributed by atoms with Crippen LogP contribution in [-0.2, 0) is 25.7 Å². The molecule has 0 aliphatic carbocycles. The predicted molar refractivity (Wildman–Crippen MR) is 145 cm³/mol. The molecule has 0 aliphatic rings. The molecule has 2 N–H and O–H groups in total. The topological polar surface area (TPSA) is 66.2 Å². The summed E-state index contributed by atoms with van der Waals surface area (Å²) in [6.07, 6.45) is 7.20. The molecular weight excluding hydrogens is 440 g/mol. The van der Waals surface area contributed by atoms with Crippen LogP contribution in [0.5, 0.6) is 23.0 Å². The number of hydrogen-bond acceptors (Lipinski definition) is 6. The smallest absolute Gasteiger partial charge is 0.164 e. The van der Waals surface area contributed by atoms with E-state index in [1.54, 1.807) is 28.4 Å². The standard InChI is InChI=1S/C29H46N2O4/c1-7-24-22(12-14-26(32-3)28(24)34-5)16-20-31(19-11-9-10-18-30)21-17-23-13-15-27(33-4)29(35-6)25(23)8-2/h12-15H,7-11,16-21,30H2,1-6H3. The molecule has 0 unspecified atom stereocenters. The van der Waals surface area contributed by atoms with E-state index in [9.17, 15) is 0 Å². The molecule has 6 heteroatoms. The molecule has 0 spiro atoms. The van der Waals surface area contributed by atoms with Gasteiger partial charge >= 0.3 is 0 Å². The third-order valence-electron chi connectivity index (χ3n) is 6.77. The quantitative estimate of drug-likeness (QED) is 0.315. The Morgan fingerprint density at radius 2 is 1.11 bits per heavy atom. The largest absolute Gasteiger partial charge is 0.493 e. The maximum atomic E-state index is 5.72. The van der Waals surface area contributed by atoms with E-state index in [1.807, 2.05) is 12.1 Å². The molecule has 0 saturated carbocycles. The van der Waals surface area contributed by atoms with Crippen molar-refractivity contribution in [3.63, 3.8) is 0 Å². The van der Waals surface area contributed by atoms with Gasteiger partial charge in [-0.25, -0.2) is 0 Å². The molecule has 35 heavy (non-hydrogen) atoms. The lowest BCUT2D eigenvalue weighted by molar-refractivity contribution is 0.272. The van der Waals surface area contributed by atoms with Crippen LogP contribution < -0.4 is 24.7 Å². The minimum Gasteiger partial charge on any atom is -0.493 e. The van der Waals surface area contributed by atoms with Gasteiger partial charge in [0, 0.05) is 24.2 Å². The SMILES string of the molecule is CCc1c(CCN(CCCCCN)CCc2ccc(OC)c(OC)c2CC)ccc(OC)c1OC. The molecule has 0 saturated heterocycles. The second-order valence-corrected chi connectivity index (χ2v) is 8.78. The van der Waals surface area contributed by atoms with E-state index >= 15 is 0 Å². The normalized spacial score (nSPS) is 11.1. The van der Waals surface area contributed by atoms with Crippen molar-refractivity contribution in [2.24, 2.45) is 5.73 Å². The summed E-state index contributed by atoms with van der Waals surface area (Å²) in [5, 5.41) is 0. The summed E-state index contributed by atoms with van der Waals surface area (Å²) in [7, 11) is 6.83. The number of nitrogens with zero attached hydrogens (tertiary/aromatic N) is 1. The molecule has 2 aromatic rings. The molecule has 0 fully saturated rings. The highest BCUT2D eigenvalue weighted by Crippen LogP contribution is 2.35. The zero-order valence-corrected chi connectivity index (χ0v) is 22.7. The van der Waals surface area contributed by atoms with E-state index in [2.05, 4.69) is 30.9 Å². The number of ether oxygens (including phenoxy) is 4. The zero-order valence-electron chi connectivity index (χ0n) is 22.7. The molecule has 2 aromatic carbocycles. The van der Waals surface area contributed by atoms with E-state index in [4.69, 9.17) is 24.7 Å². The summed E-state index contributed by atoms with van der Waals surface area (Å²) in [5.74, 6) is 3.32. The Hall–Kier alpha value is -2.44. The van der Waals surface area contributed by atoms with Gasteiger partial charge in [-0.3, -0.25) is 0 Å². The summed E-state index contributed by atoms with van der Waals surface area (Å²) in [4.78, 5) is 2.59. The summed E-state index contributed by atoms with van der Waals surface area (Å²) >= 11 is 0. The highest BCUT2D eigenvalue weighted by Gasteiger charge is 2.17. The Kier molecular flexibility index (Phi) is 12.8. The van der Waals surface area contributed by atoms with Gasteiger partial charge in [-0.05, 0) is 74.9 Å². The molecule has 0 heterocycles. The molecule has 0 atom stereocenters. The van der Waals surface area contributed by atoms with Crippen molar-refractivity contribution in [2.75, 3.05) is 54.6 Å². The zero-order chi connectivity index (χ0) is 25.6. The van der Waals surface area contributed by atoms with Gasteiger partial charge < -0.3 is 29.6 Å². The Balaban J connectivity index is 2.18. The van der Waals surface area contributed by atoms with Gasteiger partial charge in [-0.1, -0.05) is 32.4 Å². The first-order valence-electron chi connectivity index (χ1n) is 13.0. The van der Waals surface area contributed by atoms with Crippen LogP contribution in [0.15, 0.2) is 24.3 Å². The number of methoxy groups -OCH3 is 4. The Labute approximate surface area is 212 Å². The molecular formula is C29H46N2O4. The predicted octanol–water partition coefficient (Wildman–Crippen LogP) is 5.06. The average molecular weight is 487 g/mol. The monoisotopic (exact) mass is 486 g/mol. The van der Waals surface area contributed by atoms with Crippen LogP contribution in [0.3, 0.4) is 0 Å². The van der Waals surface area contributed by atoms with Gasteiger partial charge in [0.1, 0.15) is 0 Å². The third-order valence-corrected chi connectivity index (χ3v) is 6.77. The van der Waals surface area contributed by atoms with Gasteiger partial charge in [0.25, 0.3) is 0 Å². The summed E-state index contributed by atoms with van der Waals surface area (Å²) in [6, 6.07) is 8.43. The Morgan fingerprint density at radius 3 is 1.49 bits per heavy atom. The lowest BCUT2D eigenvalue weighted by atomic mass is 9.99. The third kappa shape index (κ3) is 7.77. The van der Waals surface area contributed by atoms with Crippen LogP contribution in [0.1, 0.15) is 55.4 Å². The molecule has 2 rings (SSSR count). The van der Waals surface area contributed by atoms with E-state index in [0.717, 1.165) is 87.7 Å². The van der Waals surface area contributed by atoms with Crippen molar-refractivity contribution in [2.45, 2.75) is 58.8 Å². The highest BCUT2D eigenvalue weighted by molar-refractivity contribution is 5.52. The van der Waals surface area contributed by atoms with Crippen molar-refractivity contribution in [1.82, 2.24) is 4.90 Å². The number of hydrogen-bond donors (Lipinski definition) is 1. The molecule has 0 bridgehead atoms. The molecule has 0 amide bonds. The fourth-order valence-corrected chi connectivity index (χ4v) is 4.86. The van der Waals surface area contributed by atoms with E-state index in [-0.39, 0.29) is 0 Å². The van der Waals surface area contributed by atoms with Crippen LogP contribution in [0, 0.1) is 0 Å². The first kappa shape index (κ1) is 28.8. The number of benzene rings is 2. The first-order valence-corrected chi connectivity index (χ1v) is 13.0. The van der Waals surface area contributed by atoms with Crippen LogP contribution in [0.25, 0.3) is 0 Å². The van der Waals surface area contributed by atoms with Gasteiger partial charge in [0.2, 0.25) is 0 Å². The molecule has 196 valence electrons. The van der Waals surface area contributed by atoms with Crippen molar-refractivity contribution >= 4 is 0 Å². The summed E-state index contributed by atoms with van der Waals surface area (Å²) < 4.78 is 22.4. The Bertz CT molecular complexity index is 833. The first-order chi connectivity index (χ1) is 17.1. The second-order valence-electron chi connectivity index (χ2n) is 8.78. The van der Waals surface area contributed by atoms with E-state index in [1.165, 1.54) is 28.7 Å². The second kappa shape index (κ2) is 15.5. The van der Waals surface area contributed by atoms with E-state index < -0.39 is 0 Å². The van der Waals surface area contributed by atoms with Gasteiger partial charge in [0.15, 0.2) is 23.0 Å². The number of nitrogens with two attached hydrogens (primary N) is 1. The minimum atomic E-state index is 0.761. The summed E-state index contributed by atoms with van der Waals surface area (Å²) in [6.45, 7) is 8.18. The number of rotatable bonds is 17. The fourth-order valence-electron chi connectivity index (χ4n) is 4.86. The van der Waals surface area contributed by atoms with E-state index in [0.29, 0.717) is 0 Å². The molecule has 6 nitrogen and oxygen atoms in total. The van der Waals surface area contributed by atoms with Crippen LogP contribution in [-0.4, -0.2) is 59.5 Å². The van der Waals surface area contributed by atoms with Crippen molar-refractivity contribution in [3.8, 4) is 23.0 Å². The average Bonchev–Trinajstić information content (AvgIpc) is 2.90. The maximum absolute atomic E-state index is 5.72. The number of unbranched alkanes of at least 4 members (excludes halogenated alkanes) is 2. The van der Waals surface area contributed by atoms with Crippen LogP contribution in [0.4, 0.5) is 0 Å². The van der Waals surface area contributed by atoms with Crippen molar-refractivity contribution in [3.05, 3.63) is 46.5 Å². The Morgan fingerprint density at radius 1 is 0.629 bits per heavy atom. The van der Waals surface area contributed by atoms with Crippen LogP contribution in [0.2, 0.25) is 0 Å². The van der Waals surface area contributed by atoms with Crippen molar-refractivity contribution < 1.29 is 18.9 Å². The molecule has 0 aromatic heterocycles. The molecule has 0 aliphatic heterocycles. The lowest BCUT2D eigenvalue weighted by Gasteiger charge is -2.25. The van der Waals surface area contributed by atoms with Crippen molar-refractivity contribution in [1.29, 1.82) is 0 Å². The van der Waals surface area contributed by atoms with Gasteiger partial charge in [-0.15, -0.1) is 0 Å². The fraction of sp³-hybridized carbons (Fsp3) is 0.586. The molecule has 0 radical (unpaired) electrons. The van der Waals surface area contributed by atoms with Gasteiger partial charge in [0.05, 0.1) is 28.4 Å². The summed E-state index contributed by atoms with van der Waals surface area (Å²) in [5.41, 5.74) is 10.9. The lowest BCUT2D eigenvalue weighted by Crippen LogP contribution is -2.30. The van der Waals surface area contributed by atoms with Gasteiger partial charge in [-0.2, -0.15) is 0 Å².